The van der Waals surface area contributed by atoms with Crippen LogP contribution in [-0.2, 0) is 6.42 Å². The summed E-state index contributed by atoms with van der Waals surface area (Å²) in [7, 11) is 0. The van der Waals surface area contributed by atoms with Crippen LogP contribution in [0.4, 0.5) is 0 Å². The summed E-state index contributed by atoms with van der Waals surface area (Å²) in [6.07, 6.45) is 0.972. The molecule has 5 nitrogen and oxygen atoms in total. The van der Waals surface area contributed by atoms with Gasteiger partial charge in [-0.25, -0.2) is 0 Å². The maximum atomic E-state index is 6.29. The van der Waals surface area contributed by atoms with Crippen LogP contribution in [0.1, 0.15) is 11.1 Å². The van der Waals surface area contributed by atoms with E-state index in [4.69, 9.17) is 13.3 Å². The SMILES string of the molecule is c1cc(-n2c3ccc(-c4ccc5c(c4)-c4ccccc4C5)cc3c3cc(-c4ccc5oc6ccccc6c5c4)ccc32)cc(-n2c3ccc(-c4ccc5oc6ccccc6c5c4)cc3c3cc(-c4ccc5oc6ccccc6c5c4)ccc32)c1. The molecule has 0 aliphatic heterocycles. The minimum atomic E-state index is 0.889. The topological polar surface area (TPSA) is 49.3 Å². The molecule has 0 atom stereocenters. The van der Waals surface area contributed by atoms with Crippen LogP contribution in [0, 0.1) is 0 Å². The smallest absolute Gasteiger partial charge is 0.135 e. The lowest BCUT2D eigenvalue weighted by atomic mass is 9.97. The Labute approximate surface area is 480 Å². The van der Waals surface area contributed by atoms with Crippen LogP contribution in [0.5, 0.6) is 0 Å². The van der Waals surface area contributed by atoms with E-state index in [1.54, 1.807) is 0 Å². The lowest BCUT2D eigenvalue weighted by Crippen LogP contribution is -1.98. The molecule has 84 heavy (non-hydrogen) atoms. The number of benzene rings is 13. The maximum Gasteiger partial charge on any atom is 0.135 e. The van der Waals surface area contributed by atoms with E-state index in [2.05, 4.69) is 240 Å². The molecule has 0 saturated heterocycles. The Morgan fingerprint density at radius 2 is 0.536 bits per heavy atom. The summed E-state index contributed by atoms with van der Waals surface area (Å²) in [6, 6.07) is 97.7. The number of fused-ring (bicyclic) bond motifs is 18. The molecular weight excluding hydrogens is 1020 g/mol. The van der Waals surface area contributed by atoms with E-state index in [1.165, 1.54) is 54.9 Å². The Kier molecular flexibility index (Phi) is 9.33. The van der Waals surface area contributed by atoms with E-state index in [0.717, 1.165) is 139 Å². The van der Waals surface area contributed by atoms with Crippen molar-refractivity contribution >= 4 is 109 Å². The fourth-order valence-electron chi connectivity index (χ4n) is 14.1. The van der Waals surface area contributed by atoms with Gasteiger partial charge in [-0.3, -0.25) is 0 Å². The number of furan rings is 3. The van der Waals surface area contributed by atoms with Gasteiger partial charge >= 0.3 is 0 Å². The number of para-hydroxylation sites is 3. The zero-order valence-corrected chi connectivity index (χ0v) is 45.2. The van der Waals surface area contributed by atoms with Crippen LogP contribution in [0.3, 0.4) is 0 Å². The molecule has 18 aromatic rings. The molecule has 5 heterocycles. The normalized spacial score (nSPS) is 12.5. The van der Waals surface area contributed by atoms with E-state index in [0.29, 0.717) is 0 Å². The van der Waals surface area contributed by atoms with E-state index in [1.807, 2.05) is 36.4 Å². The molecule has 0 saturated carbocycles. The molecule has 0 radical (unpaired) electrons. The van der Waals surface area contributed by atoms with Gasteiger partial charge in [0.25, 0.3) is 0 Å². The second kappa shape index (κ2) is 17.2. The van der Waals surface area contributed by atoms with Gasteiger partial charge in [0.2, 0.25) is 0 Å². The van der Waals surface area contributed by atoms with Crippen LogP contribution >= 0.6 is 0 Å². The summed E-state index contributed by atoms with van der Waals surface area (Å²) in [5.41, 5.74) is 26.8. The average Bonchev–Trinajstić information content (AvgIpc) is 3.79. The number of rotatable bonds is 6. The standard InChI is InChI=1S/C79H46N2O3/c1-2-13-58-54(10-1)36-55-21-20-46(37-62(55)58)47-22-29-70-63(38-47)64-39-48(51-26-33-77-67(42-51)59-14-3-6-17-74(59)82-77)23-30-71(64)80(70)56-11-9-12-57(45-56)81-72-31-24-49(52-27-34-78-68(43-52)60-15-4-7-18-75(60)83-78)40-65(72)66-41-50(25-32-73(66)81)53-28-35-79-69(44-53)61-16-5-8-19-76(61)84-79/h1-35,37-45H,36H2. The quantitative estimate of drug-likeness (QED) is 0.167. The first kappa shape index (κ1) is 45.6. The molecule has 5 heteroatoms. The zero-order valence-electron chi connectivity index (χ0n) is 45.2. The monoisotopic (exact) mass is 1070 g/mol. The lowest BCUT2D eigenvalue weighted by molar-refractivity contribution is 0.668. The van der Waals surface area contributed by atoms with E-state index in [9.17, 15) is 0 Å². The molecule has 0 amide bonds. The number of nitrogens with zero attached hydrogens (tertiary/aromatic N) is 2. The second-order valence-corrected chi connectivity index (χ2v) is 22.8. The molecule has 5 aromatic heterocycles. The fourth-order valence-corrected chi connectivity index (χ4v) is 14.1. The fraction of sp³-hybridized carbons (Fsp3) is 0.0127. The van der Waals surface area contributed by atoms with Crippen molar-refractivity contribution < 1.29 is 13.3 Å². The third kappa shape index (κ3) is 6.72. The van der Waals surface area contributed by atoms with Crippen LogP contribution < -0.4 is 0 Å². The molecule has 0 N–H and O–H groups in total. The van der Waals surface area contributed by atoms with Crippen LogP contribution in [0.25, 0.3) is 176 Å². The van der Waals surface area contributed by atoms with Crippen molar-refractivity contribution in [3.63, 3.8) is 0 Å². The molecule has 390 valence electrons. The van der Waals surface area contributed by atoms with E-state index >= 15 is 0 Å². The van der Waals surface area contributed by atoms with Crippen LogP contribution in [0.15, 0.2) is 280 Å². The van der Waals surface area contributed by atoms with E-state index in [-0.39, 0.29) is 0 Å². The van der Waals surface area contributed by atoms with Gasteiger partial charge in [-0.2, -0.15) is 0 Å². The molecular formula is C79H46N2O3. The van der Waals surface area contributed by atoms with Crippen LogP contribution in [0.2, 0.25) is 0 Å². The highest BCUT2D eigenvalue weighted by Gasteiger charge is 2.22. The summed E-state index contributed by atoms with van der Waals surface area (Å²) in [4.78, 5) is 0. The van der Waals surface area contributed by atoms with Crippen molar-refractivity contribution in [3.05, 3.63) is 278 Å². The molecule has 1 aliphatic carbocycles. The van der Waals surface area contributed by atoms with Gasteiger partial charge in [0.15, 0.2) is 0 Å². The molecule has 19 rings (SSSR count). The van der Waals surface area contributed by atoms with Gasteiger partial charge < -0.3 is 22.4 Å². The number of aromatic nitrogens is 2. The Hall–Kier alpha value is -11.1. The van der Waals surface area contributed by atoms with Gasteiger partial charge in [-0.15, -0.1) is 0 Å². The Bertz CT molecular complexity index is 5690. The molecule has 0 fully saturated rings. The highest BCUT2D eigenvalue weighted by Crippen LogP contribution is 2.45. The largest absolute Gasteiger partial charge is 0.456 e. The van der Waals surface area contributed by atoms with Crippen molar-refractivity contribution in [3.8, 4) is 67.0 Å². The van der Waals surface area contributed by atoms with Gasteiger partial charge in [0.1, 0.15) is 33.5 Å². The number of hydrogen-bond acceptors (Lipinski definition) is 3. The minimum Gasteiger partial charge on any atom is -0.456 e. The van der Waals surface area contributed by atoms with Crippen LogP contribution in [-0.4, -0.2) is 9.13 Å². The summed E-state index contributed by atoms with van der Waals surface area (Å²) in [5.74, 6) is 0. The third-order valence-corrected chi connectivity index (χ3v) is 18.1. The van der Waals surface area contributed by atoms with Crippen molar-refractivity contribution in [2.24, 2.45) is 0 Å². The predicted molar refractivity (Wildman–Crippen MR) is 347 cm³/mol. The highest BCUT2D eigenvalue weighted by molar-refractivity contribution is 6.15. The van der Waals surface area contributed by atoms with Crippen molar-refractivity contribution in [2.45, 2.75) is 6.42 Å². The molecule has 1 aliphatic rings. The summed E-state index contributed by atoms with van der Waals surface area (Å²) < 4.78 is 23.8. The maximum absolute atomic E-state index is 6.29. The average molecular weight is 1070 g/mol. The summed E-state index contributed by atoms with van der Waals surface area (Å²) >= 11 is 0. The Balaban J connectivity index is 0.798. The number of hydrogen-bond donors (Lipinski definition) is 0. The van der Waals surface area contributed by atoms with Gasteiger partial charge in [0.05, 0.1) is 22.1 Å². The third-order valence-electron chi connectivity index (χ3n) is 18.1. The van der Waals surface area contributed by atoms with Crippen molar-refractivity contribution in [2.75, 3.05) is 0 Å². The summed E-state index contributed by atoms with van der Waals surface area (Å²) in [5, 5.41) is 11.5. The van der Waals surface area contributed by atoms with Gasteiger partial charge in [0, 0.05) is 65.2 Å². The minimum absolute atomic E-state index is 0.889. The predicted octanol–water partition coefficient (Wildman–Crippen LogP) is 21.8. The van der Waals surface area contributed by atoms with E-state index < -0.39 is 0 Å². The van der Waals surface area contributed by atoms with Crippen molar-refractivity contribution in [1.29, 1.82) is 0 Å². The first-order chi connectivity index (χ1) is 41.6. The summed E-state index contributed by atoms with van der Waals surface area (Å²) in [6.45, 7) is 0. The van der Waals surface area contributed by atoms with Gasteiger partial charge in [-0.05, 0) is 201 Å². The zero-order chi connectivity index (χ0) is 54.7. The van der Waals surface area contributed by atoms with Gasteiger partial charge in [-0.1, -0.05) is 140 Å². The first-order valence-corrected chi connectivity index (χ1v) is 28.8. The Morgan fingerprint density at radius 1 is 0.214 bits per heavy atom. The molecule has 0 unspecified atom stereocenters. The second-order valence-electron chi connectivity index (χ2n) is 22.8. The van der Waals surface area contributed by atoms with Crippen molar-refractivity contribution in [1.82, 2.24) is 9.13 Å². The highest BCUT2D eigenvalue weighted by atomic mass is 16.3. The molecule has 0 bridgehead atoms. The lowest BCUT2D eigenvalue weighted by Gasteiger charge is -2.13. The molecule has 0 spiro atoms. The Morgan fingerprint density at radius 3 is 0.964 bits per heavy atom. The molecule has 13 aromatic carbocycles. The first-order valence-electron chi connectivity index (χ1n) is 28.8.